The van der Waals surface area contributed by atoms with E-state index in [9.17, 15) is 13.2 Å². The summed E-state index contributed by atoms with van der Waals surface area (Å²) in [6.45, 7) is 0.960. The molecule has 1 heterocycles. The number of nitrogens with zero attached hydrogens (tertiary/aromatic N) is 1. The molecule has 1 atom stereocenters. The van der Waals surface area contributed by atoms with E-state index < -0.39 is 24.4 Å². The van der Waals surface area contributed by atoms with Gasteiger partial charge in [-0.05, 0) is 6.92 Å². The highest BCUT2D eigenvalue weighted by Gasteiger charge is 2.13. The summed E-state index contributed by atoms with van der Waals surface area (Å²) < 4.78 is 43.2. The van der Waals surface area contributed by atoms with Crippen molar-refractivity contribution in [2.45, 2.75) is 13.0 Å². The van der Waals surface area contributed by atoms with Crippen molar-refractivity contribution in [1.29, 1.82) is 0 Å². The van der Waals surface area contributed by atoms with Crippen molar-refractivity contribution in [3.8, 4) is 0 Å². The first-order valence-electron chi connectivity index (χ1n) is 4.68. The van der Waals surface area contributed by atoms with Crippen LogP contribution in [0.5, 0.6) is 0 Å². The molecular formula is C10H9F3N2O. The minimum absolute atomic E-state index is 0.0235. The van der Waals surface area contributed by atoms with Gasteiger partial charge in [0.2, 0.25) is 0 Å². The SMILES string of the molecule is C[C@H](CF)Nc1nc2cc(F)cc(F)c2o1. The summed E-state index contributed by atoms with van der Waals surface area (Å²) in [6.07, 6.45) is 0. The van der Waals surface area contributed by atoms with Crippen LogP contribution in [-0.2, 0) is 0 Å². The molecule has 2 aromatic rings. The highest BCUT2D eigenvalue weighted by atomic mass is 19.1. The lowest BCUT2D eigenvalue weighted by Gasteiger charge is -2.05. The molecule has 0 saturated carbocycles. The molecule has 0 aliphatic heterocycles. The second kappa shape index (κ2) is 4.03. The Hall–Kier alpha value is -1.72. The number of nitrogens with one attached hydrogen (secondary N) is 1. The third-order valence-corrected chi connectivity index (χ3v) is 2.01. The maximum atomic E-state index is 13.2. The average molecular weight is 230 g/mol. The number of halogens is 3. The first kappa shape index (κ1) is 10.8. The molecule has 1 aromatic carbocycles. The monoisotopic (exact) mass is 230 g/mol. The minimum Gasteiger partial charge on any atom is -0.420 e. The van der Waals surface area contributed by atoms with E-state index in [4.69, 9.17) is 4.42 Å². The van der Waals surface area contributed by atoms with Gasteiger partial charge in [-0.1, -0.05) is 0 Å². The van der Waals surface area contributed by atoms with Gasteiger partial charge in [0, 0.05) is 12.1 Å². The number of alkyl halides is 1. The summed E-state index contributed by atoms with van der Waals surface area (Å²) in [5, 5.41) is 2.59. The van der Waals surface area contributed by atoms with Crippen molar-refractivity contribution in [1.82, 2.24) is 4.98 Å². The van der Waals surface area contributed by atoms with Crippen molar-refractivity contribution in [3.63, 3.8) is 0 Å². The Kier molecular flexibility index (Phi) is 2.72. The molecule has 3 nitrogen and oxygen atoms in total. The quantitative estimate of drug-likeness (QED) is 0.880. The van der Waals surface area contributed by atoms with E-state index in [1.165, 1.54) is 0 Å². The Morgan fingerprint density at radius 1 is 1.44 bits per heavy atom. The average Bonchev–Trinajstić information content (AvgIpc) is 2.60. The van der Waals surface area contributed by atoms with E-state index in [0.29, 0.717) is 6.07 Å². The number of anilines is 1. The van der Waals surface area contributed by atoms with Crippen LogP contribution in [0, 0.1) is 11.6 Å². The molecule has 1 aromatic heterocycles. The van der Waals surface area contributed by atoms with Crippen LogP contribution in [-0.4, -0.2) is 17.7 Å². The largest absolute Gasteiger partial charge is 0.420 e. The van der Waals surface area contributed by atoms with Gasteiger partial charge in [0.15, 0.2) is 11.4 Å². The lowest BCUT2D eigenvalue weighted by molar-refractivity contribution is 0.451. The molecule has 86 valence electrons. The van der Waals surface area contributed by atoms with Crippen LogP contribution in [0.4, 0.5) is 19.2 Å². The Balaban J connectivity index is 2.40. The topological polar surface area (TPSA) is 38.1 Å². The number of hydrogen-bond acceptors (Lipinski definition) is 3. The van der Waals surface area contributed by atoms with Gasteiger partial charge in [-0.3, -0.25) is 0 Å². The molecule has 6 heteroatoms. The summed E-state index contributed by atoms with van der Waals surface area (Å²) in [5.41, 5.74) is -0.0824. The van der Waals surface area contributed by atoms with Crippen molar-refractivity contribution in [2.24, 2.45) is 0 Å². The van der Waals surface area contributed by atoms with Crippen LogP contribution in [0.2, 0.25) is 0 Å². The smallest absolute Gasteiger partial charge is 0.296 e. The molecule has 0 spiro atoms. The van der Waals surface area contributed by atoms with Crippen LogP contribution in [0.25, 0.3) is 11.1 Å². The zero-order valence-corrected chi connectivity index (χ0v) is 8.43. The lowest BCUT2D eigenvalue weighted by Crippen LogP contribution is -2.16. The van der Waals surface area contributed by atoms with Crippen LogP contribution < -0.4 is 5.32 Å². The second-order valence-corrected chi connectivity index (χ2v) is 3.45. The molecule has 2 rings (SSSR count). The first-order chi connectivity index (χ1) is 7.60. The van der Waals surface area contributed by atoms with Crippen LogP contribution in [0.15, 0.2) is 16.5 Å². The van der Waals surface area contributed by atoms with Crippen molar-refractivity contribution in [2.75, 3.05) is 12.0 Å². The molecule has 0 radical (unpaired) electrons. The summed E-state index contributed by atoms with van der Waals surface area (Å²) in [7, 11) is 0. The third-order valence-electron chi connectivity index (χ3n) is 2.01. The van der Waals surface area contributed by atoms with E-state index in [2.05, 4.69) is 10.3 Å². The third kappa shape index (κ3) is 1.95. The van der Waals surface area contributed by atoms with Gasteiger partial charge < -0.3 is 9.73 Å². The number of rotatable bonds is 3. The van der Waals surface area contributed by atoms with Crippen LogP contribution >= 0.6 is 0 Å². The van der Waals surface area contributed by atoms with Crippen molar-refractivity contribution >= 4 is 17.1 Å². The molecule has 0 bridgehead atoms. The van der Waals surface area contributed by atoms with Crippen LogP contribution in [0.3, 0.4) is 0 Å². The normalized spacial score (nSPS) is 13.0. The summed E-state index contributed by atoms with van der Waals surface area (Å²) in [5.74, 6) is -1.56. The minimum atomic E-state index is -0.830. The van der Waals surface area contributed by atoms with Gasteiger partial charge in [-0.25, -0.2) is 13.2 Å². The zero-order chi connectivity index (χ0) is 11.7. The summed E-state index contributed by atoms with van der Waals surface area (Å²) >= 11 is 0. The summed E-state index contributed by atoms with van der Waals surface area (Å²) in [6, 6.07) is 1.23. The fourth-order valence-corrected chi connectivity index (χ4v) is 1.27. The fourth-order valence-electron chi connectivity index (χ4n) is 1.27. The van der Waals surface area contributed by atoms with Gasteiger partial charge in [-0.2, -0.15) is 4.98 Å². The lowest BCUT2D eigenvalue weighted by atomic mass is 10.3. The van der Waals surface area contributed by atoms with E-state index in [-0.39, 0.29) is 17.1 Å². The number of oxazole rings is 1. The van der Waals surface area contributed by atoms with E-state index in [1.54, 1.807) is 6.92 Å². The van der Waals surface area contributed by atoms with Gasteiger partial charge in [0.1, 0.15) is 18.0 Å². The zero-order valence-electron chi connectivity index (χ0n) is 8.43. The number of benzene rings is 1. The van der Waals surface area contributed by atoms with Crippen molar-refractivity contribution in [3.05, 3.63) is 23.8 Å². The van der Waals surface area contributed by atoms with Gasteiger partial charge in [-0.15, -0.1) is 0 Å². The molecule has 0 unspecified atom stereocenters. The predicted octanol–water partition coefficient (Wildman–Crippen LogP) is 2.88. The molecule has 0 amide bonds. The first-order valence-corrected chi connectivity index (χ1v) is 4.68. The highest BCUT2D eigenvalue weighted by molar-refractivity contribution is 5.75. The molecular weight excluding hydrogens is 221 g/mol. The second-order valence-electron chi connectivity index (χ2n) is 3.45. The Bertz CT molecular complexity index is 512. The van der Waals surface area contributed by atoms with Gasteiger partial charge in [0.05, 0.1) is 6.04 Å². The molecule has 0 aliphatic rings. The van der Waals surface area contributed by atoms with E-state index in [1.807, 2.05) is 0 Å². The Labute approximate surface area is 89.3 Å². The number of fused-ring (bicyclic) bond motifs is 1. The van der Waals surface area contributed by atoms with Gasteiger partial charge in [0.25, 0.3) is 6.01 Å². The van der Waals surface area contributed by atoms with Gasteiger partial charge >= 0.3 is 0 Å². The van der Waals surface area contributed by atoms with Crippen LogP contribution in [0.1, 0.15) is 6.92 Å². The number of hydrogen-bond donors (Lipinski definition) is 1. The predicted molar refractivity (Wildman–Crippen MR) is 53.0 cm³/mol. The molecule has 16 heavy (non-hydrogen) atoms. The Morgan fingerprint density at radius 2 is 2.19 bits per heavy atom. The Morgan fingerprint density at radius 3 is 2.88 bits per heavy atom. The van der Waals surface area contributed by atoms with E-state index >= 15 is 0 Å². The van der Waals surface area contributed by atoms with Crippen molar-refractivity contribution < 1.29 is 17.6 Å². The number of aromatic nitrogens is 1. The summed E-state index contributed by atoms with van der Waals surface area (Å²) in [4.78, 5) is 3.80. The molecule has 0 aliphatic carbocycles. The molecule has 1 N–H and O–H groups in total. The highest BCUT2D eigenvalue weighted by Crippen LogP contribution is 2.23. The molecule has 0 fully saturated rings. The molecule has 0 saturated heterocycles. The maximum absolute atomic E-state index is 13.2. The maximum Gasteiger partial charge on any atom is 0.296 e. The standard InChI is InChI=1S/C10H9F3N2O/c1-5(4-11)14-10-15-8-3-6(12)2-7(13)9(8)16-10/h2-3,5H,4H2,1H3,(H,14,15)/t5-/m1/s1. The van der Waals surface area contributed by atoms with E-state index in [0.717, 1.165) is 6.07 Å². The fraction of sp³-hybridized carbons (Fsp3) is 0.300.